The third-order valence-electron chi connectivity index (χ3n) is 2.48. The van der Waals surface area contributed by atoms with Gasteiger partial charge in [0.2, 0.25) is 0 Å². The Labute approximate surface area is 114 Å². The highest BCUT2D eigenvalue weighted by atomic mass is 32.1. The van der Waals surface area contributed by atoms with Crippen molar-refractivity contribution < 1.29 is 13.5 Å². The van der Waals surface area contributed by atoms with Gasteiger partial charge in [0.1, 0.15) is 29.0 Å². The lowest BCUT2D eigenvalue weighted by Gasteiger charge is -2.07. The predicted octanol–water partition coefficient (Wildman–Crippen LogP) is 3.18. The maximum Gasteiger partial charge on any atom is 0.129 e. The van der Waals surface area contributed by atoms with E-state index in [-0.39, 0.29) is 12.4 Å². The van der Waals surface area contributed by atoms with E-state index in [1.165, 1.54) is 0 Å². The number of halogens is 2. The van der Waals surface area contributed by atoms with Crippen molar-refractivity contribution in [2.24, 2.45) is 5.73 Å². The molecule has 0 bridgehead atoms. The Morgan fingerprint density at radius 2 is 1.63 bits per heavy atom. The van der Waals surface area contributed by atoms with E-state index >= 15 is 0 Å². The maximum absolute atomic E-state index is 12.9. The van der Waals surface area contributed by atoms with Crippen LogP contribution in [0.4, 0.5) is 8.78 Å². The summed E-state index contributed by atoms with van der Waals surface area (Å²) < 4.78 is 31.2. The van der Waals surface area contributed by atoms with E-state index in [2.05, 4.69) is 0 Å². The highest BCUT2D eigenvalue weighted by Crippen LogP contribution is 2.17. The third-order valence-corrected chi connectivity index (χ3v) is 2.72. The highest BCUT2D eigenvalue weighted by molar-refractivity contribution is 7.80. The van der Waals surface area contributed by atoms with Gasteiger partial charge in [-0.25, -0.2) is 8.78 Å². The van der Waals surface area contributed by atoms with Gasteiger partial charge in [-0.1, -0.05) is 36.5 Å². The molecule has 2 aromatic rings. The first-order valence-corrected chi connectivity index (χ1v) is 5.93. The van der Waals surface area contributed by atoms with E-state index in [4.69, 9.17) is 22.7 Å². The smallest absolute Gasteiger partial charge is 0.129 e. The Balaban J connectivity index is 2.03. The number of benzene rings is 2. The minimum atomic E-state index is -0.668. The van der Waals surface area contributed by atoms with E-state index < -0.39 is 11.6 Å². The second kappa shape index (κ2) is 5.75. The summed E-state index contributed by atoms with van der Waals surface area (Å²) in [6.07, 6.45) is 0. The van der Waals surface area contributed by atoms with E-state index in [1.54, 1.807) is 24.3 Å². The van der Waals surface area contributed by atoms with Gasteiger partial charge >= 0.3 is 0 Å². The molecule has 0 heterocycles. The first-order chi connectivity index (χ1) is 9.04. The predicted molar refractivity (Wildman–Crippen MR) is 73.0 cm³/mol. The molecular formula is C14H11F2NOS. The molecule has 0 aliphatic rings. The average Bonchev–Trinajstić information content (AvgIpc) is 2.36. The quantitative estimate of drug-likeness (QED) is 0.873. The van der Waals surface area contributed by atoms with Gasteiger partial charge in [0.15, 0.2) is 0 Å². The Kier molecular flexibility index (Phi) is 4.06. The van der Waals surface area contributed by atoms with Crippen molar-refractivity contribution in [3.05, 3.63) is 65.2 Å². The molecule has 19 heavy (non-hydrogen) atoms. The fourth-order valence-corrected chi connectivity index (χ4v) is 1.68. The van der Waals surface area contributed by atoms with Gasteiger partial charge in [0.05, 0.1) is 0 Å². The number of hydrogen-bond donors (Lipinski definition) is 1. The topological polar surface area (TPSA) is 35.2 Å². The molecule has 2 rings (SSSR count). The summed E-state index contributed by atoms with van der Waals surface area (Å²) in [6.45, 7) is 0.209. The van der Waals surface area contributed by atoms with Crippen LogP contribution in [0.2, 0.25) is 0 Å². The SMILES string of the molecule is NC(=S)c1ccc(COc2cc(F)cc(F)c2)cc1. The minimum Gasteiger partial charge on any atom is -0.489 e. The monoisotopic (exact) mass is 279 g/mol. The van der Waals surface area contributed by atoms with E-state index in [9.17, 15) is 8.78 Å². The molecule has 98 valence electrons. The summed E-state index contributed by atoms with van der Waals surface area (Å²) in [7, 11) is 0. The fraction of sp³-hybridized carbons (Fsp3) is 0.0714. The van der Waals surface area contributed by atoms with E-state index in [0.717, 1.165) is 29.3 Å². The van der Waals surface area contributed by atoms with Crippen LogP contribution in [0.1, 0.15) is 11.1 Å². The van der Waals surface area contributed by atoms with Crippen molar-refractivity contribution in [2.45, 2.75) is 6.61 Å². The Morgan fingerprint density at radius 3 is 2.16 bits per heavy atom. The molecule has 0 spiro atoms. The van der Waals surface area contributed by atoms with Gasteiger partial charge in [-0.05, 0) is 5.56 Å². The molecule has 2 N–H and O–H groups in total. The van der Waals surface area contributed by atoms with Crippen LogP contribution >= 0.6 is 12.2 Å². The molecule has 2 nitrogen and oxygen atoms in total. The summed E-state index contributed by atoms with van der Waals surface area (Å²) in [5.41, 5.74) is 7.09. The maximum atomic E-state index is 12.9. The van der Waals surface area contributed by atoms with Gasteiger partial charge < -0.3 is 10.5 Å². The third kappa shape index (κ3) is 3.72. The number of thiocarbonyl (C=S) groups is 1. The molecule has 5 heteroatoms. The lowest BCUT2D eigenvalue weighted by molar-refractivity contribution is 0.302. The Morgan fingerprint density at radius 1 is 1.05 bits per heavy atom. The number of hydrogen-bond acceptors (Lipinski definition) is 2. The molecule has 0 aliphatic heterocycles. The van der Waals surface area contributed by atoms with Gasteiger partial charge in [-0.2, -0.15) is 0 Å². The summed E-state index contributed by atoms with van der Waals surface area (Å²) in [5, 5.41) is 0. The van der Waals surface area contributed by atoms with Crippen molar-refractivity contribution >= 4 is 17.2 Å². The first-order valence-electron chi connectivity index (χ1n) is 5.52. The van der Waals surface area contributed by atoms with Crippen molar-refractivity contribution in [1.29, 1.82) is 0 Å². The first kappa shape index (κ1) is 13.4. The highest BCUT2D eigenvalue weighted by Gasteiger charge is 2.02. The van der Waals surface area contributed by atoms with Crippen LogP contribution in [0.25, 0.3) is 0 Å². The molecule has 2 aromatic carbocycles. The zero-order valence-corrected chi connectivity index (χ0v) is 10.7. The standard InChI is InChI=1S/C14H11F2NOS/c15-11-5-12(16)7-13(6-11)18-8-9-1-3-10(4-2-9)14(17)19/h1-7H,8H2,(H2,17,19). The van der Waals surface area contributed by atoms with Crippen molar-refractivity contribution in [2.75, 3.05) is 0 Å². The number of nitrogens with two attached hydrogens (primary N) is 1. The second-order valence-electron chi connectivity index (χ2n) is 3.96. The summed E-state index contributed by atoms with van der Waals surface area (Å²) in [5.74, 6) is -1.19. The van der Waals surface area contributed by atoms with E-state index in [1.807, 2.05) is 0 Å². The Bertz CT molecular complexity index is 579. The molecule has 0 aromatic heterocycles. The van der Waals surface area contributed by atoms with Crippen LogP contribution in [0.15, 0.2) is 42.5 Å². The van der Waals surface area contributed by atoms with Crippen molar-refractivity contribution in [3.8, 4) is 5.75 Å². The van der Waals surface area contributed by atoms with E-state index in [0.29, 0.717) is 4.99 Å². The van der Waals surface area contributed by atoms with Gasteiger partial charge in [-0.3, -0.25) is 0 Å². The van der Waals surface area contributed by atoms with Crippen LogP contribution in [0, 0.1) is 11.6 Å². The fourth-order valence-electron chi connectivity index (χ4n) is 1.54. The molecule has 0 aliphatic carbocycles. The van der Waals surface area contributed by atoms with Gasteiger partial charge in [-0.15, -0.1) is 0 Å². The largest absolute Gasteiger partial charge is 0.489 e. The molecule has 0 radical (unpaired) electrons. The molecule has 0 amide bonds. The molecular weight excluding hydrogens is 268 g/mol. The zero-order chi connectivity index (χ0) is 13.8. The molecule has 0 saturated heterocycles. The van der Waals surface area contributed by atoms with Crippen LogP contribution in [-0.4, -0.2) is 4.99 Å². The van der Waals surface area contributed by atoms with Crippen LogP contribution < -0.4 is 10.5 Å². The second-order valence-corrected chi connectivity index (χ2v) is 4.39. The normalized spacial score (nSPS) is 10.2. The molecule has 0 fully saturated rings. The Hall–Kier alpha value is -2.01. The summed E-state index contributed by atoms with van der Waals surface area (Å²) in [6, 6.07) is 10.2. The van der Waals surface area contributed by atoms with Crippen LogP contribution in [0.3, 0.4) is 0 Å². The van der Waals surface area contributed by atoms with Crippen LogP contribution in [0.5, 0.6) is 5.75 Å². The molecule has 0 atom stereocenters. The molecule has 0 unspecified atom stereocenters. The van der Waals surface area contributed by atoms with Crippen LogP contribution in [-0.2, 0) is 6.61 Å². The summed E-state index contributed by atoms with van der Waals surface area (Å²) in [4.78, 5) is 0.319. The van der Waals surface area contributed by atoms with Crippen molar-refractivity contribution in [3.63, 3.8) is 0 Å². The minimum absolute atomic E-state index is 0.149. The zero-order valence-electron chi connectivity index (χ0n) is 9.90. The van der Waals surface area contributed by atoms with Gasteiger partial charge in [0, 0.05) is 23.8 Å². The molecule has 0 saturated carbocycles. The number of rotatable bonds is 4. The number of ether oxygens (including phenoxy) is 1. The lowest BCUT2D eigenvalue weighted by atomic mass is 10.1. The lowest BCUT2D eigenvalue weighted by Crippen LogP contribution is -2.09. The summed E-state index contributed by atoms with van der Waals surface area (Å²) >= 11 is 4.84. The average molecular weight is 279 g/mol. The van der Waals surface area contributed by atoms with Gasteiger partial charge in [0.25, 0.3) is 0 Å². The van der Waals surface area contributed by atoms with Crippen molar-refractivity contribution in [1.82, 2.24) is 0 Å².